The van der Waals surface area contributed by atoms with E-state index in [1.807, 2.05) is 4.90 Å². The number of carbonyl (C=O) groups is 1. The number of benzene rings is 1. The number of carbonyl (C=O) groups excluding carboxylic acids is 1. The minimum absolute atomic E-state index is 0.326. The molecule has 3 rings (SSSR count). The second kappa shape index (κ2) is 6.82. The average molecular weight is 332 g/mol. The minimum Gasteiger partial charge on any atom is -0.384 e. The number of nitrogens with one attached hydrogen (secondary N) is 1. The van der Waals surface area contributed by atoms with Gasteiger partial charge in [-0.25, -0.2) is 8.78 Å². The Morgan fingerprint density at radius 1 is 1.33 bits per heavy atom. The van der Waals surface area contributed by atoms with Crippen molar-refractivity contribution in [2.45, 2.75) is 6.42 Å². The first-order valence-electron chi connectivity index (χ1n) is 7.72. The summed E-state index contributed by atoms with van der Waals surface area (Å²) < 4.78 is 26.4. The van der Waals surface area contributed by atoms with Crippen LogP contribution in [0, 0.1) is 17.6 Å². The van der Waals surface area contributed by atoms with Gasteiger partial charge in [-0.2, -0.15) is 0 Å². The molecule has 0 unspecified atom stereocenters. The van der Waals surface area contributed by atoms with Gasteiger partial charge in [-0.05, 0) is 30.5 Å². The van der Waals surface area contributed by atoms with Crippen molar-refractivity contribution in [3.05, 3.63) is 53.9 Å². The minimum atomic E-state index is -0.840. The van der Waals surface area contributed by atoms with Gasteiger partial charge in [0.15, 0.2) is 11.6 Å². The molecule has 1 aromatic heterocycles. The van der Waals surface area contributed by atoms with Gasteiger partial charge >= 0.3 is 0 Å². The van der Waals surface area contributed by atoms with E-state index >= 15 is 0 Å². The number of pyridine rings is 1. The highest BCUT2D eigenvalue weighted by atomic mass is 19.2. The van der Waals surface area contributed by atoms with Crippen molar-refractivity contribution >= 4 is 17.3 Å². The third-order valence-electron chi connectivity index (χ3n) is 4.22. The fourth-order valence-electron chi connectivity index (χ4n) is 2.91. The second-order valence-corrected chi connectivity index (χ2v) is 5.87. The third kappa shape index (κ3) is 3.45. The van der Waals surface area contributed by atoms with Crippen LogP contribution in [-0.2, 0) is 0 Å². The maximum atomic E-state index is 13.4. The molecule has 0 saturated carbocycles. The molecular formula is C17H18F2N4O. The van der Waals surface area contributed by atoms with Crippen molar-refractivity contribution in [3.8, 4) is 0 Å². The van der Waals surface area contributed by atoms with Gasteiger partial charge in [-0.15, -0.1) is 0 Å². The first-order chi connectivity index (χ1) is 11.5. The van der Waals surface area contributed by atoms with Gasteiger partial charge in [0, 0.05) is 43.8 Å². The lowest BCUT2D eigenvalue weighted by molar-refractivity contribution is 0.100. The van der Waals surface area contributed by atoms with Crippen LogP contribution < -0.4 is 16.0 Å². The molecule has 1 fully saturated rings. The largest absolute Gasteiger partial charge is 0.384 e. The summed E-state index contributed by atoms with van der Waals surface area (Å²) in [5, 5.41) is 3.23. The Balaban J connectivity index is 1.61. The molecule has 24 heavy (non-hydrogen) atoms. The quantitative estimate of drug-likeness (QED) is 0.882. The Labute approximate surface area is 138 Å². The van der Waals surface area contributed by atoms with Gasteiger partial charge in [0.25, 0.3) is 5.91 Å². The summed E-state index contributed by atoms with van der Waals surface area (Å²) in [7, 11) is 0. The summed E-state index contributed by atoms with van der Waals surface area (Å²) in [5.74, 6) is -1.88. The average Bonchev–Trinajstić information content (AvgIpc) is 3.04. The Morgan fingerprint density at radius 3 is 2.92 bits per heavy atom. The number of nitrogens with two attached hydrogens (primary N) is 1. The van der Waals surface area contributed by atoms with Crippen molar-refractivity contribution in [1.29, 1.82) is 0 Å². The molecule has 2 heterocycles. The van der Waals surface area contributed by atoms with Crippen molar-refractivity contribution in [2.75, 3.05) is 29.9 Å². The molecular weight excluding hydrogens is 314 g/mol. The van der Waals surface area contributed by atoms with Gasteiger partial charge in [-0.3, -0.25) is 9.78 Å². The molecule has 1 atom stereocenters. The standard InChI is InChI=1S/C17H18F2N4O/c18-14-2-1-12(7-15(14)19)23-6-4-11(10-23)8-22-16-3-5-21-9-13(16)17(20)24/h1-3,5,7,9,11H,4,6,8,10H2,(H2,20,24)(H,21,22)/t11-/m0/s1. The molecule has 7 heteroatoms. The summed E-state index contributed by atoms with van der Waals surface area (Å²) in [6, 6.07) is 5.66. The van der Waals surface area contributed by atoms with Gasteiger partial charge in [0.1, 0.15) is 0 Å². The van der Waals surface area contributed by atoms with E-state index in [9.17, 15) is 13.6 Å². The fourth-order valence-corrected chi connectivity index (χ4v) is 2.91. The Hall–Kier alpha value is -2.70. The normalized spacial score (nSPS) is 17.1. The molecule has 1 aliphatic rings. The Morgan fingerprint density at radius 2 is 2.17 bits per heavy atom. The maximum Gasteiger partial charge on any atom is 0.252 e. The Bertz CT molecular complexity index is 753. The van der Waals surface area contributed by atoms with E-state index in [1.54, 1.807) is 18.3 Å². The Kier molecular flexibility index (Phi) is 4.59. The molecule has 5 nitrogen and oxygen atoms in total. The molecule has 1 amide bonds. The summed E-state index contributed by atoms with van der Waals surface area (Å²) in [5.41, 5.74) is 7.02. The van der Waals surface area contributed by atoms with Crippen LogP contribution in [0.4, 0.5) is 20.2 Å². The number of amides is 1. The number of primary amides is 1. The lowest BCUT2D eigenvalue weighted by Gasteiger charge is -2.19. The summed E-state index contributed by atoms with van der Waals surface area (Å²) >= 11 is 0. The van der Waals surface area contributed by atoms with Gasteiger partial charge in [0.2, 0.25) is 0 Å². The highest BCUT2D eigenvalue weighted by Gasteiger charge is 2.23. The van der Waals surface area contributed by atoms with E-state index in [-0.39, 0.29) is 0 Å². The van der Waals surface area contributed by atoms with E-state index in [4.69, 9.17) is 5.73 Å². The summed E-state index contributed by atoms with van der Waals surface area (Å²) in [4.78, 5) is 17.3. The van der Waals surface area contributed by atoms with E-state index in [2.05, 4.69) is 10.3 Å². The van der Waals surface area contributed by atoms with Crippen molar-refractivity contribution in [3.63, 3.8) is 0 Å². The lowest BCUT2D eigenvalue weighted by Crippen LogP contribution is -2.23. The number of hydrogen-bond acceptors (Lipinski definition) is 4. The zero-order valence-electron chi connectivity index (χ0n) is 13.0. The molecule has 1 saturated heterocycles. The van der Waals surface area contributed by atoms with Crippen LogP contribution >= 0.6 is 0 Å². The van der Waals surface area contributed by atoms with Crippen LogP contribution in [-0.4, -0.2) is 30.5 Å². The van der Waals surface area contributed by atoms with Crippen LogP contribution in [0.1, 0.15) is 16.8 Å². The van der Waals surface area contributed by atoms with Gasteiger partial charge in [-0.1, -0.05) is 0 Å². The van der Waals surface area contributed by atoms with E-state index < -0.39 is 17.5 Å². The molecule has 0 aliphatic carbocycles. The highest BCUT2D eigenvalue weighted by Crippen LogP contribution is 2.26. The zero-order chi connectivity index (χ0) is 17.1. The first kappa shape index (κ1) is 16.2. The van der Waals surface area contributed by atoms with Crippen molar-refractivity contribution in [2.24, 2.45) is 11.7 Å². The van der Waals surface area contributed by atoms with Crippen LogP contribution in [0.5, 0.6) is 0 Å². The number of rotatable bonds is 5. The smallest absolute Gasteiger partial charge is 0.252 e. The first-order valence-corrected chi connectivity index (χ1v) is 7.72. The molecule has 0 radical (unpaired) electrons. The molecule has 1 aromatic carbocycles. The molecule has 126 valence electrons. The van der Waals surface area contributed by atoms with Crippen LogP contribution in [0.3, 0.4) is 0 Å². The number of nitrogens with zero attached hydrogens (tertiary/aromatic N) is 2. The van der Waals surface area contributed by atoms with Gasteiger partial charge < -0.3 is 16.0 Å². The SMILES string of the molecule is NC(=O)c1cnccc1NC[C@@H]1CCN(c2ccc(F)c(F)c2)C1. The number of hydrogen-bond donors (Lipinski definition) is 2. The topological polar surface area (TPSA) is 71.2 Å². The van der Waals surface area contributed by atoms with Crippen LogP contribution in [0.15, 0.2) is 36.7 Å². The monoisotopic (exact) mass is 332 g/mol. The van der Waals surface area contributed by atoms with E-state index in [0.717, 1.165) is 25.6 Å². The van der Waals surface area contributed by atoms with Crippen LogP contribution in [0.25, 0.3) is 0 Å². The lowest BCUT2D eigenvalue weighted by atomic mass is 10.1. The number of halogens is 2. The highest BCUT2D eigenvalue weighted by molar-refractivity contribution is 5.98. The number of anilines is 2. The zero-order valence-corrected chi connectivity index (χ0v) is 13.0. The third-order valence-corrected chi connectivity index (χ3v) is 4.22. The summed E-state index contributed by atoms with van der Waals surface area (Å²) in [6.07, 6.45) is 3.95. The van der Waals surface area contributed by atoms with Crippen molar-refractivity contribution < 1.29 is 13.6 Å². The summed E-state index contributed by atoms with van der Waals surface area (Å²) in [6.45, 7) is 2.16. The fraction of sp³-hybridized carbons (Fsp3) is 0.294. The molecule has 1 aliphatic heterocycles. The molecule has 0 bridgehead atoms. The predicted octanol–water partition coefficient (Wildman–Crippen LogP) is 2.40. The second-order valence-electron chi connectivity index (χ2n) is 5.87. The molecule has 2 aromatic rings. The van der Waals surface area contributed by atoms with Crippen LogP contribution in [0.2, 0.25) is 0 Å². The van der Waals surface area contributed by atoms with Crippen molar-refractivity contribution in [1.82, 2.24) is 4.98 Å². The van der Waals surface area contributed by atoms with E-state index in [1.165, 1.54) is 12.3 Å². The predicted molar refractivity (Wildman–Crippen MR) is 87.9 cm³/mol. The molecule has 0 spiro atoms. The van der Waals surface area contributed by atoms with Gasteiger partial charge in [0.05, 0.1) is 11.3 Å². The number of aromatic nitrogens is 1. The molecule has 3 N–H and O–H groups in total. The maximum absolute atomic E-state index is 13.4. The van der Waals surface area contributed by atoms with E-state index in [0.29, 0.717) is 29.4 Å².